The average Bonchev–Trinajstić information content (AvgIpc) is 2.83. The summed E-state index contributed by atoms with van der Waals surface area (Å²) in [5.74, 6) is 1.47. The van der Waals surface area contributed by atoms with Crippen molar-refractivity contribution in [3.8, 4) is 34.4 Å². The van der Waals surface area contributed by atoms with E-state index in [1.54, 1.807) is 30.3 Å². The van der Waals surface area contributed by atoms with Crippen LogP contribution in [-0.4, -0.2) is 34.8 Å². The zero-order valence-corrected chi connectivity index (χ0v) is 17.3. The SMILES string of the molecule is N#Cc1ccc(-c2ccc3c(c2)N(S(=O)(=O)c2ccc4c(c2)OCCO4)CCO3)cc1. The number of hydrogen-bond acceptors (Lipinski definition) is 6. The van der Waals surface area contributed by atoms with Gasteiger partial charge in [-0.2, -0.15) is 5.26 Å². The van der Waals surface area contributed by atoms with Crippen LogP contribution in [0.15, 0.2) is 65.6 Å². The van der Waals surface area contributed by atoms with Crippen molar-refractivity contribution >= 4 is 15.7 Å². The Kier molecular flexibility index (Phi) is 4.68. The second kappa shape index (κ2) is 7.52. The number of fused-ring (bicyclic) bond motifs is 2. The maximum Gasteiger partial charge on any atom is 0.264 e. The van der Waals surface area contributed by atoms with Crippen LogP contribution in [0.3, 0.4) is 0 Å². The molecule has 2 heterocycles. The van der Waals surface area contributed by atoms with Crippen LogP contribution in [-0.2, 0) is 10.0 Å². The summed E-state index contributed by atoms with van der Waals surface area (Å²) in [5, 5.41) is 9.01. The predicted molar refractivity (Wildman–Crippen MR) is 114 cm³/mol. The molecule has 3 aromatic rings. The van der Waals surface area contributed by atoms with Crippen molar-refractivity contribution in [2.75, 3.05) is 30.7 Å². The second-order valence-electron chi connectivity index (χ2n) is 7.10. The molecule has 0 saturated carbocycles. The summed E-state index contributed by atoms with van der Waals surface area (Å²) < 4.78 is 45.1. The number of ether oxygens (including phenoxy) is 3. The van der Waals surface area contributed by atoms with Crippen LogP contribution in [0, 0.1) is 11.3 Å². The number of sulfonamides is 1. The fourth-order valence-corrected chi connectivity index (χ4v) is 5.14. The largest absolute Gasteiger partial charge is 0.489 e. The van der Waals surface area contributed by atoms with Gasteiger partial charge in [-0.05, 0) is 47.5 Å². The van der Waals surface area contributed by atoms with Gasteiger partial charge in [0.1, 0.15) is 25.6 Å². The number of anilines is 1. The summed E-state index contributed by atoms with van der Waals surface area (Å²) in [5.41, 5.74) is 2.75. The van der Waals surface area contributed by atoms with Gasteiger partial charge in [-0.1, -0.05) is 18.2 Å². The van der Waals surface area contributed by atoms with Gasteiger partial charge < -0.3 is 14.2 Å². The molecular formula is C23H18N2O5S. The van der Waals surface area contributed by atoms with Gasteiger partial charge in [-0.3, -0.25) is 4.31 Å². The van der Waals surface area contributed by atoms with Gasteiger partial charge >= 0.3 is 0 Å². The lowest BCUT2D eigenvalue weighted by Gasteiger charge is -2.31. The molecule has 3 aromatic carbocycles. The molecule has 2 aliphatic heterocycles. The molecule has 0 atom stereocenters. The molecule has 0 bridgehead atoms. The highest BCUT2D eigenvalue weighted by Crippen LogP contribution is 2.40. The van der Waals surface area contributed by atoms with Crippen molar-refractivity contribution in [3.05, 3.63) is 66.2 Å². The summed E-state index contributed by atoms with van der Waals surface area (Å²) in [6, 6.07) is 19.3. The molecule has 0 spiro atoms. The molecule has 5 rings (SSSR count). The van der Waals surface area contributed by atoms with E-state index in [9.17, 15) is 8.42 Å². The fourth-order valence-electron chi connectivity index (χ4n) is 3.67. The van der Waals surface area contributed by atoms with Gasteiger partial charge in [0.25, 0.3) is 10.0 Å². The van der Waals surface area contributed by atoms with Crippen LogP contribution < -0.4 is 18.5 Å². The monoisotopic (exact) mass is 434 g/mol. The Morgan fingerprint density at radius 2 is 1.45 bits per heavy atom. The third kappa shape index (κ3) is 3.43. The molecule has 156 valence electrons. The fraction of sp³-hybridized carbons (Fsp3) is 0.174. The topological polar surface area (TPSA) is 88.9 Å². The second-order valence-corrected chi connectivity index (χ2v) is 8.97. The minimum atomic E-state index is -3.84. The minimum absolute atomic E-state index is 0.133. The molecule has 2 aliphatic rings. The summed E-state index contributed by atoms with van der Waals surface area (Å²) in [4.78, 5) is 0.133. The Morgan fingerprint density at radius 1 is 0.774 bits per heavy atom. The number of nitrogens with zero attached hydrogens (tertiary/aromatic N) is 2. The molecule has 0 unspecified atom stereocenters. The van der Waals surface area contributed by atoms with Crippen molar-refractivity contribution < 1.29 is 22.6 Å². The van der Waals surface area contributed by atoms with Gasteiger partial charge in [0.15, 0.2) is 11.5 Å². The number of nitriles is 1. The highest BCUT2D eigenvalue weighted by Gasteiger charge is 2.31. The number of benzene rings is 3. The van der Waals surface area contributed by atoms with E-state index in [1.165, 1.54) is 16.4 Å². The Bertz CT molecular complexity index is 1300. The van der Waals surface area contributed by atoms with Crippen LogP contribution in [0.2, 0.25) is 0 Å². The third-order valence-electron chi connectivity index (χ3n) is 5.23. The summed E-state index contributed by atoms with van der Waals surface area (Å²) >= 11 is 0. The van der Waals surface area contributed by atoms with Crippen LogP contribution in [0.25, 0.3) is 11.1 Å². The normalized spacial score (nSPS) is 14.9. The zero-order chi connectivity index (χ0) is 21.4. The Balaban J connectivity index is 1.55. The zero-order valence-electron chi connectivity index (χ0n) is 16.4. The lowest BCUT2D eigenvalue weighted by atomic mass is 10.0. The van der Waals surface area contributed by atoms with Crippen molar-refractivity contribution in [1.82, 2.24) is 0 Å². The Morgan fingerprint density at radius 3 is 2.23 bits per heavy atom. The van der Waals surface area contributed by atoms with E-state index in [2.05, 4.69) is 6.07 Å². The third-order valence-corrected chi connectivity index (χ3v) is 7.04. The molecule has 0 radical (unpaired) electrons. The minimum Gasteiger partial charge on any atom is -0.489 e. The van der Waals surface area contributed by atoms with E-state index in [0.717, 1.165) is 11.1 Å². The standard InChI is InChI=1S/C23H18N2O5S/c24-15-16-1-3-17(4-2-16)18-5-7-21-20(13-18)25(9-10-28-21)31(26,27)19-6-8-22-23(14-19)30-12-11-29-22/h1-8,13-14H,9-12H2. The molecule has 0 saturated heterocycles. The number of hydrogen-bond donors (Lipinski definition) is 0. The molecule has 0 aromatic heterocycles. The Hall–Kier alpha value is -3.70. The first-order chi connectivity index (χ1) is 15.1. The van der Waals surface area contributed by atoms with Crippen LogP contribution >= 0.6 is 0 Å². The molecule has 0 fully saturated rings. The van der Waals surface area contributed by atoms with Gasteiger partial charge in [0.2, 0.25) is 0 Å². The van der Waals surface area contributed by atoms with Gasteiger partial charge in [-0.25, -0.2) is 8.42 Å². The van der Waals surface area contributed by atoms with Gasteiger partial charge in [0, 0.05) is 6.07 Å². The molecule has 0 amide bonds. The van der Waals surface area contributed by atoms with Crippen molar-refractivity contribution in [3.63, 3.8) is 0 Å². The van der Waals surface area contributed by atoms with E-state index < -0.39 is 10.0 Å². The highest BCUT2D eigenvalue weighted by molar-refractivity contribution is 7.92. The smallest absolute Gasteiger partial charge is 0.264 e. The van der Waals surface area contributed by atoms with E-state index in [-0.39, 0.29) is 18.0 Å². The van der Waals surface area contributed by atoms with Gasteiger partial charge in [-0.15, -0.1) is 0 Å². The highest BCUT2D eigenvalue weighted by atomic mass is 32.2. The molecule has 31 heavy (non-hydrogen) atoms. The van der Waals surface area contributed by atoms with Crippen molar-refractivity contribution in [2.24, 2.45) is 0 Å². The van der Waals surface area contributed by atoms with E-state index in [1.807, 2.05) is 18.2 Å². The molecule has 0 N–H and O–H groups in total. The predicted octanol–water partition coefficient (Wildman–Crippen LogP) is 3.58. The summed E-state index contributed by atoms with van der Waals surface area (Å²) in [7, 11) is -3.84. The lowest BCUT2D eigenvalue weighted by Crippen LogP contribution is -2.38. The quantitative estimate of drug-likeness (QED) is 0.626. The lowest BCUT2D eigenvalue weighted by molar-refractivity contribution is 0.171. The van der Waals surface area contributed by atoms with E-state index >= 15 is 0 Å². The van der Waals surface area contributed by atoms with Crippen LogP contribution in [0.1, 0.15) is 5.56 Å². The van der Waals surface area contributed by atoms with E-state index in [4.69, 9.17) is 19.5 Å². The first kappa shape index (κ1) is 19.3. The molecule has 7 nitrogen and oxygen atoms in total. The maximum atomic E-state index is 13.5. The van der Waals surface area contributed by atoms with Crippen molar-refractivity contribution in [1.29, 1.82) is 5.26 Å². The van der Waals surface area contributed by atoms with Crippen LogP contribution in [0.5, 0.6) is 17.2 Å². The molecule has 8 heteroatoms. The molecule has 0 aliphatic carbocycles. The van der Waals surface area contributed by atoms with Crippen LogP contribution in [0.4, 0.5) is 5.69 Å². The average molecular weight is 434 g/mol. The number of rotatable bonds is 3. The first-order valence-electron chi connectivity index (χ1n) is 9.76. The first-order valence-corrected chi connectivity index (χ1v) is 11.2. The Labute approximate surface area is 180 Å². The molecular weight excluding hydrogens is 416 g/mol. The van der Waals surface area contributed by atoms with Gasteiger partial charge in [0.05, 0.1) is 28.8 Å². The summed E-state index contributed by atoms with van der Waals surface area (Å²) in [6.45, 7) is 1.27. The van der Waals surface area contributed by atoms with Crippen molar-refractivity contribution in [2.45, 2.75) is 4.90 Å². The van der Waals surface area contributed by atoms with E-state index in [0.29, 0.717) is 41.7 Å². The maximum absolute atomic E-state index is 13.5. The summed E-state index contributed by atoms with van der Waals surface area (Å²) in [6.07, 6.45) is 0.